The van der Waals surface area contributed by atoms with E-state index in [4.69, 9.17) is 9.72 Å². The number of amides is 1. The molecule has 2 aliphatic heterocycles. The number of rotatable bonds is 4. The van der Waals surface area contributed by atoms with Crippen molar-refractivity contribution in [1.82, 2.24) is 14.9 Å². The average molecular weight is 474 g/mol. The molecule has 1 saturated carbocycles. The summed E-state index contributed by atoms with van der Waals surface area (Å²) in [6.07, 6.45) is 6.44. The smallest absolute Gasteiger partial charge is 0.255 e. The summed E-state index contributed by atoms with van der Waals surface area (Å²) in [4.78, 5) is 27.0. The maximum absolute atomic E-state index is 13.4. The standard InChI is InChI=1S/C28H35N5O2/c1-17(2)24-15-32(8-9-33(24)27(34)20-10-18(3)13-30-14-20)26-22(12-29)21-11-28(4,5)35-16-23(21)25(31-26)19-6-7-19/h10,13-14,17,19,24H,6-9,11,15-16H2,1-5H3/t24-/m0/s1. The minimum absolute atomic E-state index is 0.0188. The molecule has 0 N–H and O–H groups in total. The summed E-state index contributed by atoms with van der Waals surface area (Å²) in [7, 11) is 0. The minimum atomic E-state index is -0.300. The fraction of sp³-hybridized carbons (Fsp3) is 0.571. The Morgan fingerprint density at radius 1 is 1.23 bits per heavy atom. The van der Waals surface area contributed by atoms with Crippen molar-refractivity contribution in [3.05, 3.63) is 52.0 Å². The largest absolute Gasteiger partial charge is 0.370 e. The molecule has 1 aliphatic carbocycles. The lowest BCUT2D eigenvalue weighted by molar-refractivity contribution is -0.0407. The number of nitriles is 1. The molecule has 0 aromatic carbocycles. The lowest BCUT2D eigenvalue weighted by atomic mass is 9.87. The zero-order valence-electron chi connectivity index (χ0n) is 21.5. The number of fused-ring (bicyclic) bond motifs is 1. The maximum atomic E-state index is 13.4. The predicted molar refractivity (Wildman–Crippen MR) is 134 cm³/mol. The van der Waals surface area contributed by atoms with Crippen LogP contribution in [-0.4, -0.2) is 52.1 Å². The van der Waals surface area contributed by atoms with Gasteiger partial charge in [0.2, 0.25) is 0 Å². The third-order valence-electron chi connectivity index (χ3n) is 7.58. The van der Waals surface area contributed by atoms with Gasteiger partial charge in [0, 0.05) is 49.9 Å². The lowest BCUT2D eigenvalue weighted by Gasteiger charge is -2.44. The second-order valence-corrected chi connectivity index (χ2v) is 11.3. The Kier molecular flexibility index (Phi) is 6.04. The average Bonchev–Trinajstić information content (AvgIpc) is 3.67. The number of piperazine rings is 1. The summed E-state index contributed by atoms with van der Waals surface area (Å²) in [5, 5.41) is 10.3. The fourth-order valence-electron chi connectivity index (χ4n) is 5.48. The van der Waals surface area contributed by atoms with Crippen LogP contribution in [0.25, 0.3) is 0 Å². The molecule has 2 aromatic rings. The molecule has 7 heteroatoms. The molecule has 184 valence electrons. The van der Waals surface area contributed by atoms with E-state index in [1.54, 1.807) is 12.4 Å². The summed E-state index contributed by atoms with van der Waals surface area (Å²) in [5.41, 5.74) is 5.36. The molecule has 1 amide bonds. The molecule has 3 aliphatic rings. The molecular weight excluding hydrogens is 438 g/mol. The lowest BCUT2D eigenvalue weighted by Crippen LogP contribution is -2.57. The van der Waals surface area contributed by atoms with Crippen LogP contribution in [0.4, 0.5) is 5.82 Å². The van der Waals surface area contributed by atoms with Gasteiger partial charge in [0.25, 0.3) is 5.91 Å². The van der Waals surface area contributed by atoms with E-state index < -0.39 is 0 Å². The van der Waals surface area contributed by atoms with Crippen LogP contribution < -0.4 is 4.90 Å². The van der Waals surface area contributed by atoms with E-state index in [0.29, 0.717) is 49.7 Å². The molecule has 4 heterocycles. The fourth-order valence-corrected chi connectivity index (χ4v) is 5.48. The third-order valence-corrected chi connectivity index (χ3v) is 7.58. The Bertz CT molecular complexity index is 1190. The highest BCUT2D eigenvalue weighted by atomic mass is 16.5. The number of hydrogen-bond donors (Lipinski definition) is 0. The van der Waals surface area contributed by atoms with Gasteiger partial charge in [-0.2, -0.15) is 5.26 Å². The first-order valence-electron chi connectivity index (χ1n) is 12.8. The van der Waals surface area contributed by atoms with Gasteiger partial charge < -0.3 is 14.5 Å². The number of anilines is 1. The highest BCUT2D eigenvalue weighted by Crippen LogP contribution is 2.46. The first kappa shape index (κ1) is 23.7. The van der Waals surface area contributed by atoms with E-state index in [1.807, 2.05) is 17.9 Å². The van der Waals surface area contributed by atoms with E-state index in [0.717, 1.165) is 41.0 Å². The first-order valence-corrected chi connectivity index (χ1v) is 12.8. The number of carbonyl (C=O) groups excluding carboxylic acids is 1. The summed E-state index contributed by atoms with van der Waals surface area (Å²) >= 11 is 0. The van der Waals surface area contributed by atoms with Crippen LogP contribution in [0.2, 0.25) is 0 Å². The Labute approximate surface area is 208 Å². The zero-order chi connectivity index (χ0) is 24.9. The molecule has 2 fully saturated rings. The van der Waals surface area contributed by atoms with E-state index in [9.17, 15) is 10.1 Å². The van der Waals surface area contributed by atoms with Crippen molar-refractivity contribution < 1.29 is 9.53 Å². The van der Waals surface area contributed by atoms with Gasteiger partial charge in [-0.3, -0.25) is 9.78 Å². The van der Waals surface area contributed by atoms with Gasteiger partial charge in [-0.05, 0) is 56.7 Å². The maximum Gasteiger partial charge on any atom is 0.255 e. The molecule has 1 saturated heterocycles. The van der Waals surface area contributed by atoms with Crippen molar-refractivity contribution in [2.75, 3.05) is 24.5 Å². The SMILES string of the molecule is Cc1cncc(C(=O)N2CCN(c3nc(C4CC4)c4c(c3C#N)CC(C)(C)OC4)C[C@H]2C(C)C)c1. The number of carbonyl (C=O) groups is 1. The van der Waals surface area contributed by atoms with Crippen LogP contribution in [0.1, 0.15) is 84.8 Å². The van der Waals surface area contributed by atoms with E-state index in [-0.39, 0.29) is 23.5 Å². The zero-order valence-corrected chi connectivity index (χ0v) is 21.5. The van der Waals surface area contributed by atoms with Gasteiger partial charge >= 0.3 is 0 Å². The van der Waals surface area contributed by atoms with Gasteiger partial charge in [-0.25, -0.2) is 4.98 Å². The van der Waals surface area contributed by atoms with Crippen molar-refractivity contribution >= 4 is 11.7 Å². The number of pyridine rings is 2. The number of nitrogens with zero attached hydrogens (tertiary/aromatic N) is 5. The molecule has 35 heavy (non-hydrogen) atoms. The van der Waals surface area contributed by atoms with Crippen LogP contribution in [0, 0.1) is 24.2 Å². The molecule has 1 atom stereocenters. The number of ether oxygens (including phenoxy) is 1. The number of aryl methyl sites for hydroxylation is 1. The third kappa shape index (κ3) is 4.52. The van der Waals surface area contributed by atoms with E-state index in [1.165, 1.54) is 0 Å². The van der Waals surface area contributed by atoms with Gasteiger partial charge in [0.05, 0.1) is 35.1 Å². The molecule has 0 bridgehead atoms. The summed E-state index contributed by atoms with van der Waals surface area (Å²) < 4.78 is 6.12. The predicted octanol–water partition coefficient (Wildman–Crippen LogP) is 4.37. The summed E-state index contributed by atoms with van der Waals surface area (Å²) in [5.74, 6) is 1.55. The van der Waals surface area contributed by atoms with Crippen LogP contribution in [0.15, 0.2) is 18.5 Å². The second-order valence-electron chi connectivity index (χ2n) is 11.3. The number of hydrogen-bond acceptors (Lipinski definition) is 6. The molecular formula is C28H35N5O2. The van der Waals surface area contributed by atoms with Crippen LogP contribution in [-0.2, 0) is 17.8 Å². The van der Waals surface area contributed by atoms with E-state index in [2.05, 4.69) is 43.6 Å². The Hall–Kier alpha value is -2.98. The quantitative estimate of drug-likeness (QED) is 0.656. The van der Waals surface area contributed by atoms with Gasteiger partial charge in [-0.15, -0.1) is 0 Å². The molecule has 0 unspecified atom stereocenters. The highest BCUT2D eigenvalue weighted by molar-refractivity contribution is 5.94. The van der Waals surface area contributed by atoms with Crippen LogP contribution >= 0.6 is 0 Å². The van der Waals surface area contributed by atoms with E-state index >= 15 is 0 Å². The van der Waals surface area contributed by atoms with Crippen LogP contribution in [0.5, 0.6) is 0 Å². The molecule has 0 radical (unpaired) electrons. The number of aromatic nitrogens is 2. The van der Waals surface area contributed by atoms with Gasteiger partial charge in [-0.1, -0.05) is 13.8 Å². The minimum Gasteiger partial charge on any atom is -0.370 e. The second kappa shape index (κ2) is 8.91. The summed E-state index contributed by atoms with van der Waals surface area (Å²) in [6.45, 7) is 12.9. The monoisotopic (exact) mass is 473 g/mol. The van der Waals surface area contributed by atoms with Gasteiger partial charge in [0.15, 0.2) is 0 Å². The topological polar surface area (TPSA) is 82.4 Å². The summed E-state index contributed by atoms with van der Waals surface area (Å²) in [6, 6.07) is 4.43. The highest BCUT2D eigenvalue weighted by Gasteiger charge is 2.39. The Morgan fingerprint density at radius 2 is 2.00 bits per heavy atom. The normalized spacial score (nSPS) is 21.6. The Balaban J connectivity index is 1.50. The van der Waals surface area contributed by atoms with Crippen molar-refractivity contribution in [2.45, 2.75) is 78.0 Å². The molecule has 7 nitrogen and oxygen atoms in total. The first-order chi connectivity index (χ1) is 16.7. The van der Waals surface area contributed by atoms with Crippen molar-refractivity contribution in [3.8, 4) is 6.07 Å². The molecule has 5 rings (SSSR count). The van der Waals surface area contributed by atoms with Crippen molar-refractivity contribution in [2.24, 2.45) is 5.92 Å². The van der Waals surface area contributed by atoms with Gasteiger partial charge in [0.1, 0.15) is 11.9 Å². The van der Waals surface area contributed by atoms with Crippen molar-refractivity contribution in [1.29, 1.82) is 5.26 Å². The molecule has 0 spiro atoms. The van der Waals surface area contributed by atoms with Crippen LogP contribution in [0.3, 0.4) is 0 Å². The Morgan fingerprint density at radius 3 is 2.66 bits per heavy atom. The molecule has 2 aromatic heterocycles. The van der Waals surface area contributed by atoms with Crippen molar-refractivity contribution in [3.63, 3.8) is 0 Å².